The zero-order valence-corrected chi connectivity index (χ0v) is 7.53. The summed E-state index contributed by atoms with van der Waals surface area (Å²) >= 11 is 0. The van der Waals surface area contributed by atoms with Crippen LogP contribution in [-0.2, 0) is 13.0 Å². The maximum Gasteiger partial charge on any atom is 0.0178 e. The molecular weight excluding hydrogens is 158 g/mol. The summed E-state index contributed by atoms with van der Waals surface area (Å²) in [7, 11) is 0. The van der Waals surface area contributed by atoms with Crippen LogP contribution in [-0.4, -0.2) is 0 Å². The summed E-state index contributed by atoms with van der Waals surface area (Å²) in [5.41, 5.74) is 8.06. The van der Waals surface area contributed by atoms with Crippen molar-refractivity contribution < 1.29 is 0 Å². The largest absolute Gasteiger partial charge is 0.326 e. The molecule has 1 aromatic carbocycles. The SMILES string of the molecule is CCc1cccc(CN)c1.Cl. The van der Waals surface area contributed by atoms with Crippen LogP contribution in [0.3, 0.4) is 0 Å². The Morgan fingerprint density at radius 1 is 1.27 bits per heavy atom. The van der Waals surface area contributed by atoms with Gasteiger partial charge in [-0.3, -0.25) is 0 Å². The van der Waals surface area contributed by atoms with Crippen molar-refractivity contribution in [2.45, 2.75) is 19.9 Å². The quantitative estimate of drug-likeness (QED) is 0.725. The minimum absolute atomic E-state index is 0. The number of hydrogen-bond donors (Lipinski definition) is 1. The topological polar surface area (TPSA) is 26.0 Å². The molecule has 62 valence electrons. The van der Waals surface area contributed by atoms with Crippen molar-refractivity contribution in [3.8, 4) is 0 Å². The Kier molecular flexibility index (Phi) is 4.92. The van der Waals surface area contributed by atoms with Gasteiger partial charge in [0.2, 0.25) is 0 Å². The molecule has 0 atom stereocenters. The van der Waals surface area contributed by atoms with Crippen molar-refractivity contribution >= 4 is 12.4 Å². The highest BCUT2D eigenvalue weighted by atomic mass is 35.5. The van der Waals surface area contributed by atoms with E-state index in [0.717, 1.165) is 6.42 Å². The molecule has 0 saturated carbocycles. The maximum atomic E-state index is 5.47. The molecule has 2 heteroatoms. The number of benzene rings is 1. The second kappa shape index (κ2) is 5.16. The van der Waals surface area contributed by atoms with Gasteiger partial charge >= 0.3 is 0 Å². The van der Waals surface area contributed by atoms with E-state index in [1.807, 2.05) is 0 Å². The van der Waals surface area contributed by atoms with Gasteiger partial charge in [0.25, 0.3) is 0 Å². The highest BCUT2D eigenvalue weighted by Crippen LogP contribution is 2.04. The first kappa shape index (κ1) is 10.5. The fourth-order valence-electron chi connectivity index (χ4n) is 0.977. The molecular formula is C9H14ClN. The summed E-state index contributed by atoms with van der Waals surface area (Å²) < 4.78 is 0. The van der Waals surface area contributed by atoms with Gasteiger partial charge in [-0.1, -0.05) is 31.2 Å². The summed E-state index contributed by atoms with van der Waals surface area (Å²) in [6, 6.07) is 8.39. The standard InChI is InChI=1S/C9H13N.ClH/c1-2-8-4-3-5-9(6-8)7-10;/h3-6H,2,7,10H2,1H3;1H. The molecule has 0 fully saturated rings. The molecule has 0 aliphatic heterocycles. The van der Waals surface area contributed by atoms with Gasteiger partial charge < -0.3 is 5.73 Å². The number of halogens is 1. The number of aryl methyl sites for hydroxylation is 1. The molecule has 0 amide bonds. The van der Waals surface area contributed by atoms with Crippen molar-refractivity contribution in [1.29, 1.82) is 0 Å². The van der Waals surface area contributed by atoms with Crippen LogP contribution in [0, 0.1) is 0 Å². The molecule has 0 heterocycles. The first-order valence-electron chi connectivity index (χ1n) is 3.64. The van der Waals surface area contributed by atoms with Crippen molar-refractivity contribution in [2.24, 2.45) is 5.73 Å². The molecule has 1 aromatic rings. The molecule has 2 N–H and O–H groups in total. The monoisotopic (exact) mass is 171 g/mol. The fraction of sp³-hybridized carbons (Fsp3) is 0.333. The Bertz CT molecular complexity index is 191. The molecule has 0 bridgehead atoms. The van der Waals surface area contributed by atoms with E-state index in [1.165, 1.54) is 11.1 Å². The molecule has 0 aromatic heterocycles. The molecule has 1 nitrogen and oxygen atoms in total. The van der Waals surface area contributed by atoms with Crippen LogP contribution in [0.1, 0.15) is 18.1 Å². The lowest BCUT2D eigenvalue weighted by molar-refractivity contribution is 1.05. The van der Waals surface area contributed by atoms with E-state index in [2.05, 4.69) is 31.2 Å². The number of rotatable bonds is 2. The van der Waals surface area contributed by atoms with Gasteiger partial charge in [0, 0.05) is 6.54 Å². The molecule has 0 aliphatic rings. The minimum Gasteiger partial charge on any atom is -0.326 e. The lowest BCUT2D eigenvalue weighted by Crippen LogP contribution is -1.96. The van der Waals surface area contributed by atoms with Crippen molar-refractivity contribution in [3.63, 3.8) is 0 Å². The lowest BCUT2D eigenvalue weighted by Gasteiger charge is -1.98. The Balaban J connectivity index is 0.000001000. The van der Waals surface area contributed by atoms with Crippen LogP contribution in [0.25, 0.3) is 0 Å². The van der Waals surface area contributed by atoms with Crippen LogP contribution in [0.4, 0.5) is 0 Å². The predicted octanol–water partition coefficient (Wildman–Crippen LogP) is 2.13. The summed E-state index contributed by atoms with van der Waals surface area (Å²) in [4.78, 5) is 0. The lowest BCUT2D eigenvalue weighted by atomic mass is 10.1. The van der Waals surface area contributed by atoms with E-state index in [9.17, 15) is 0 Å². The molecule has 1 rings (SSSR count). The zero-order chi connectivity index (χ0) is 7.40. The van der Waals surface area contributed by atoms with Gasteiger partial charge in [0.05, 0.1) is 0 Å². The fourth-order valence-corrected chi connectivity index (χ4v) is 0.977. The molecule has 0 unspecified atom stereocenters. The normalized spacial score (nSPS) is 8.91. The smallest absolute Gasteiger partial charge is 0.0178 e. The van der Waals surface area contributed by atoms with E-state index < -0.39 is 0 Å². The van der Waals surface area contributed by atoms with Crippen molar-refractivity contribution in [1.82, 2.24) is 0 Å². The van der Waals surface area contributed by atoms with Gasteiger partial charge in [-0.15, -0.1) is 12.4 Å². The van der Waals surface area contributed by atoms with Gasteiger partial charge in [0.15, 0.2) is 0 Å². The van der Waals surface area contributed by atoms with E-state index in [1.54, 1.807) is 0 Å². The molecule has 0 aliphatic carbocycles. The van der Waals surface area contributed by atoms with Crippen molar-refractivity contribution in [2.75, 3.05) is 0 Å². The summed E-state index contributed by atoms with van der Waals surface area (Å²) in [5.74, 6) is 0. The summed E-state index contributed by atoms with van der Waals surface area (Å²) in [5, 5.41) is 0. The zero-order valence-electron chi connectivity index (χ0n) is 6.71. The average molecular weight is 172 g/mol. The van der Waals surface area contributed by atoms with Gasteiger partial charge in [-0.05, 0) is 17.5 Å². The van der Waals surface area contributed by atoms with E-state index >= 15 is 0 Å². The highest BCUT2D eigenvalue weighted by molar-refractivity contribution is 5.85. The van der Waals surface area contributed by atoms with Gasteiger partial charge in [-0.25, -0.2) is 0 Å². The Morgan fingerprint density at radius 3 is 2.45 bits per heavy atom. The first-order chi connectivity index (χ1) is 4.86. The van der Waals surface area contributed by atoms with Gasteiger partial charge in [-0.2, -0.15) is 0 Å². The summed E-state index contributed by atoms with van der Waals surface area (Å²) in [6.07, 6.45) is 1.09. The van der Waals surface area contributed by atoms with E-state index in [4.69, 9.17) is 5.73 Å². The van der Waals surface area contributed by atoms with Crippen molar-refractivity contribution in [3.05, 3.63) is 35.4 Å². The number of hydrogen-bond acceptors (Lipinski definition) is 1. The molecule has 0 saturated heterocycles. The second-order valence-corrected chi connectivity index (χ2v) is 2.38. The Labute approximate surface area is 74.0 Å². The molecule has 0 radical (unpaired) electrons. The molecule has 11 heavy (non-hydrogen) atoms. The van der Waals surface area contributed by atoms with Crippen LogP contribution >= 0.6 is 12.4 Å². The number of nitrogens with two attached hydrogens (primary N) is 1. The maximum absolute atomic E-state index is 5.47. The summed E-state index contributed by atoms with van der Waals surface area (Å²) in [6.45, 7) is 2.80. The van der Waals surface area contributed by atoms with Gasteiger partial charge in [0.1, 0.15) is 0 Å². The Morgan fingerprint density at radius 2 is 1.91 bits per heavy atom. The van der Waals surface area contributed by atoms with E-state index in [-0.39, 0.29) is 12.4 Å². The first-order valence-corrected chi connectivity index (χ1v) is 3.64. The van der Waals surface area contributed by atoms with Crippen LogP contribution in [0.2, 0.25) is 0 Å². The Hall–Kier alpha value is -0.530. The second-order valence-electron chi connectivity index (χ2n) is 2.38. The predicted molar refractivity (Wildman–Crippen MR) is 51.0 cm³/mol. The van der Waals surface area contributed by atoms with Crippen LogP contribution in [0.5, 0.6) is 0 Å². The van der Waals surface area contributed by atoms with E-state index in [0.29, 0.717) is 6.54 Å². The highest BCUT2D eigenvalue weighted by Gasteiger charge is 1.89. The van der Waals surface area contributed by atoms with Crippen LogP contribution in [0.15, 0.2) is 24.3 Å². The molecule has 0 spiro atoms. The average Bonchev–Trinajstić information content (AvgIpc) is 2.05. The third kappa shape index (κ3) is 2.91. The third-order valence-corrected chi connectivity index (χ3v) is 1.64. The minimum atomic E-state index is 0. The van der Waals surface area contributed by atoms with Crippen LogP contribution < -0.4 is 5.73 Å². The third-order valence-electron chi connectivity index (χ3n) is 1.64.